The third kappa shape index (κ3) is 2.99. The quantitative estimate of drug-likeness (QED) is 0.741. The number of aliphatic hydroxyl groups is 1. The molecule has 13 heavy (non-hydrogen) atoms. The summed E-state index contributed by atoms with van der Waals surface area (Å²) in [6.45, 7) is 3.37. The minimum absolute atomic E-state index is 0.215. The molecule has 0 saturated carbocycles. The summed E-state index contributed by atoms with van der Waals surface area (Å²) < 4.78 is 13.0. The van der Waals surface area contributed by atoms with Crippen LogP contribution in [0.1, 0.15) is 18.1 Å². The first-order valence-corrected chi connectivity index (χ1v) is 4.22. The van der Waals surface area contributed by atoms with Gasteiger partial charge in [-0.3, -0.25) is 0 Å². The van der Waals surface area contributed by atoms with Gasteiger partial charge in [0.1, 0.15) is 5.82 Å². The van der Waals surface area contributed by atoms with E-state index in [9.17, 15) is 4.39 Å². The van der Waals surface area contributed by atoms with Gasteiger partial charge in [-0.05, 0) is 31.0 Å². The lowest BCUT2D eigenvalue weighted by Gasteiger charge is -1.98. The Hall–Kier alpha value is -1.15. The first-order valence-electron chi connectivity index (χ1n) is 4.22. The normalized spacial score (nSPS) is 13.5. The zero-order valence-electron chi connectivity index (χ0n) is 7.79. The Kier molecular flexibility index (Phi) is 3.20. The fourth-order valence-corrected chi connectivity index (χ4v) is 0.963. The van der Waals surface area contributed by atoms with Crippen LogP contribution in [0.25, 0.3) is 6.08 Å². The molecule has 0 radical (unpaired) electrons. The Morgan fingerprint density at radius 3 is 2.69 bits per heavy atom. The Bertz CT molecular complexity index is 316. The van der Waals surface area contributed by atoms with Crippen molar-refractivity contribution in [1.29, 1.82) is 0 Å². The molecule has 0 aliphatic carbocycles. The molecule has 0 aromatic heterocycles. The van der Waals surface area contributed by atoms with Crippen LogP contribution in [0.3, 0.4) is 0 Å². The van der Waals surface area contributed by atoms with Crippen LogP contribution in [0.15, 0.2) is 24.3 Å². The summed E-state index contributed by atoms with van der Waals surface area (Å²) in [6.07, 6.45) is 2.82. The van der Waals surface area contributed by atoms with Crippen LogP contribution in [0.2, 0.25) is 0 Å². The van der Waals surface area contributed by atoms with Crippen molar-refractivity contribution >= 4 is 6.08 Å². The molecule has 1 nitrogen and oxygen atoms in total. The lowest BCUT2D eigenvalue weighted by molar-refractivity contribution is 0.245. The predicted molar refractivity (Wildman–Crippen MR) is 51.9 cm³/mol. The van der Waals surface area contributed by atoms with Gasteiger partial charge in [-0.15, -0.1) is 0 Å². The van der Waals surface area contributed by atoms with E-state index >= 15 is 0 Å². The monoisotopic (exact) mass is 180 g/mol. The van der Waals surface area contributed by atoms with Crippen molar-refractivity contribution in [2.45, 2.75) is 20.0 Å². The number of rotatable bonds is 2. The second-order valence-electron chi connectivity index (χ2n) is 3.11. The number of hydrogen-bond acceptors (Lipinski definition) is 1. The zero-order valence-corrected chi connectivity index (χ0v) is 7.79. The minimum atomic E-state index is -0.496. The highest BCUT2D eigenvalue weighted by molar-refractivity contribution is 5.50. The topological polar surface area (TPSA) is 20.2 Å². The van der Waals surface area contributed by atoms with Crippen molar-refractivity contribution in [2.24, 2.45) is 0 Å². The maximum atomic E-state index is 13.0. The van der Waals surface area contributed by atoms with E-state index in [2.05, 4.69) is 0 Å². The van der Waals surface area contributed by atoms with E-state index < -0.39 is 6.10 Å². The second kappa shape index (κ2) is 4.19. The molecule has 1 rings (SSSR count). The number of aryl methyl sites for hydroxylation is 1. The number of hydrogen-bond donors (Lipinski definition) is 1. The van der Waals surface area contributed by atoms with Gasteiger partial charge in [-0.2, -0.15) is 0 Å². The summed E-state index contributed by atoms with van der Waals surface area (Å²) in [5.74, 6) is -0.215. The summed E-state index contributed by atoms with van der Waals surface area (Å²) in [5.41, 5.74) is 1.40. The molecule has 0 saturated heterocycles. The van der Waals surface area contributed by atoms with Crippen molar-refractivity contribution in [1.82, 2.24) is 0 Å². The van der Waals surface area contributed by atoms with Crippen LogP contribution in [-0.2, 0) is 0 Å². The molecular weight excluding hydrogens is 167 g/mol. The van der Waals surface area contributed by atoms with Gasteiger partial charge < -0.3 is 5.11 Å². The molecule has 0 amide bonds. The average Bonchev–Trinajstić information content (AvgIpc) is 2.07. The number of halogens is 1. The number of aliphatic hydroxyl groups excluding tert-OH is 1. The molecule has 0 aliphatic rings. The van der Waals surface area contributed by atoms with E-state index in [1.807, 2.05) is 6.07 Å². The van der Waals surface area contributed by atoms with E-state index in [1.165, 1.54) is 6.07 Å². The third-order valence-electron chi connectivity index (χ3n) is 1.76. The summed E-state index contributed by atoms with van der Waals surface area (Å²) in [6, 6.07) is 4.99. The SMILES string of the molecule is Cc1ccc(/C=C/C(C)O)cc1F. The Morgan fingerprint density at radius 2 is 2.15 bits per heavy atom. The minimum Gasteiger partial charge on any atom is -0.389 e. The van der Waals surface area contributed by atoms with Crippen LogP contribution in [0, 0.1) is 12.7 Å². The van der Waals surface area contributed by atoms with Crippen molar-refractivity contribution in [3.05, 3.63) is 41.2 Å². The molecule has 1 aromatic carbocycles. The van der Waals surface area contributed by atoms with E-state index in [-0.39, 0.29) is 5.82 Å². The Morgan fingerprint density at radius 1 is 1.46 bits per heavy atom. The molecule has 0 bridgehead atoms. The van der Waals surface area contributed by atoms with E-state index in [0.29, 0.717) is 5.56 Å². The van der Waals surface area contributed by atoms with Gasteiger partial charge in [0.05, 0.1) is 6.10 Å². The van der Waals surface area contributed by atoms with Gasteiger partial charge in [0, 0.05) is 0 Å². The van der Waals surface area contributed by atoms with E-state index in [4.69, 9.17) is 5.11 Å². The van der Waals surface area contributed by atoms with Crippen molar-refractivity contribution in [3.63, 3.8) is 0 Å². The molecule has 1 aromatic rings. The van der Waals surface area contributed by atoms with Crippen molar-refractivity contribution < 1.29 is 9.50 Å². The second-order valence-corrected chi connectivity index (χ2v) is 3.11. The highest BCUT2D eigenvalue weighted by Gasteiger charge is 1.96. The van der Waals surface area contributed by atoms with Gasteiger partial charge in [-0.25, -0.2) is 4.39 Å². The average molecular weight is 180 g/mol. The van der Waals surface area contributed by atoms with Gasteiger partial charge in [0.25, 0.3) is 0 Å². The van der Waals surface area contributed by atoms with Gasteiger partial charge in [-0.1, -0.05) is 24.3 Å². The third-order valence-corrected chi connectivity index (χ3v) is 1.76. The first-order chi connectivity index (χ1) is 6.09. The van der Waals surface area contributed by atoms with Gasteiger partial charge in [0.15, 0.2) is 0 Å². The maximum Gasteiger partial charge on any atom is 0.126 e. The molecular formula is C11H13FO. The van der Waals surface area contributed by atoms with Gasteiger partial charge in [0.2, 0.25) is 0 Å². The molecule has 1 N–H and O–H groups in total. The lowest BCUT2D eigenvalue weighted by Crippen LogP contribution is -1.91. The van der Waals surface area contributed by atoms with Crippen molar-refractivity contribution in [3.8, 4) is 0 Å². The summed E-state index contributed by atoms with van der Waals surface area (Å²) in [5, 5.41) is 8.96. The van der Waals surface area contributed by atoms with Crippen LogP contribution in [-0.4, -0.2) is 11.2 Å². The zero-order chi connectivity index (χ0) is 9.84. The summed E-state index contributed by atoms with van der Waals surface area (Å²) in [7, 11) is 0. The Labute approximate surface area is 77.5 Å². The summed E-state index contributed by atoms with van der Waals surface area (Å²) in [4.78, 5) is 0. The van der Waals surface area contributed by atoms with Crippen molar-refractivity contribution in [2.75, 3.05) is 0 Å². The molecule has 0 spiro atoms. The van der Waals surface area contributed by atoms with Crippen LogP contribution >= 0.6 is 0 Å². The molecule has 1 atom stereocenters. The van der Waals surface area contributed by atoms with E-state index in [0.717, 1.165) is 5.56 Å². The maximum absolute atomic E-state index is 13.0. The lowest BCUT2D eigenvalue weighted by atomic mass is 10.1. The molecule has 2 heteroatoms. The van der Waals surface area contributed by atoms with Crippen LogP contribution in [0.4, 0.5) is 4.39 Å². The fraction of sp³-hybridized carbons (Fsp3) is 0.273. The van der Waals surface area contributed by atoms with Crippen LogP contribution < -0.4 is 0 Å². The molecule has 0 aliphatic heterocycles. The standard InChI is InChI=1S/C11H13FO/c1-8-3-5-10(7-11(8)12)6-4-9(2)13/h3-7,9,13H,1-2H3/b6-4+. The molecule has 0 heterocycles. The number of benzene rings is 1. The van der Waals surface area contributed by atoms with E-state index in [1.54, 1.807) is 32.1 Å². The first kappa shape index (κ1) is 9.93. The Balaban J connectivity index is 2.85. The largest absolute Gasteiger partial charge is 0.389 e. The molecule has 1 unspecified atom stereocenters. The molecule has 0 fully saturated rings. The highest BCUT2D eigenvalue weighted by Crippen LogP contribution is 2.10. The predicted octanol–water partition coefficient (Wildman–Crippen LogP) is 2.53. The molecule has 70 valence electrons. The smallest absolute Gasteiger partial charge is 0.126 e. The summed E-state index contributed by atoms with van der Waals surface area (Å²) >= 11 is 0. The highest BCUT2D eigenvalue weighted by atomic mass is 19.1. The van der Waals surface area contributed by atoms with Gasteiger partial charge >= 0.3 is 0 Å². The van der Waals surface area contributed by atoms with Crippen LogP contribution in [0.5, 0.6) is 0 Å². The fourth-order valence-electron chi connectivity index (χ4n) is 0.963.